The van der Waals surface area contributed by atoms with Gasteiger partial charge in [0, 0.05) is 23.6 Å². The lowest BCUT2D eigenvalue weighted by Gasteiger charge is -2.15. The van der Waals surface area contributed by atoms with E-state index in [-0.39, 0.29) is 28.3 Å². The van der Waals surface area contributed by atoms with Crippen LogP contribution in [0.25, 0.3) is 11.0 Å². The molecule has 2 heterocycles. The molecule has 30 heavy (non-hydrogen) atoms. The lowest BCUT2D eigenvalue weighted by Crippen LogP contribution is -2.13. The second-order valence-electron chi connectivity index (χ2n) is 6.71. The molecule has 0 aliphatic rings. The summed E-state index contributed by atoms with van der Waals surface area (Å²) < 4.78 is 52.1. The number of rotatable bonds is 8. The molecule has 0 aliphatic carbocycles. The van der Waals surface area contributed by atoms with Gasteiger partial charge in [0.1, 0.15) is 11.3 Å². The highest BCUT2D eigenvalue weighted by atomic mass is 32.1. The first kappa shape index (κ1) is 21.9. The first-order chi connectivity index (χ1) is 14.2. The molecule has 0 spiro atoms. The molecule has 6 nitrogen and oxygen atoms in total. The monoisotopic (exact) mass is 443 g/mol. The number of ether oxygens (including phenoxy) is 1. The summed E-state index contributed by atoms with van der Waals surface area (Å²) in [7, 11) is 0. The number of thiazole rings is 1. The van der Waals surface area contributed by atoms with E-state index in [9.17, 15) is 27.9 Å². The number of fused-ring (bicyclic) bond motifs is 1. The number of benzene rings is 1. The maximum absolute atomic E-state index is 13.3. The van der Waals surface area contributed by atoms with Crippen molar-refractivity contribution in [2.24, 2.45) is 0 Å². The molecule has 0 saturated heterocycles. The Morgan fingerprint density at radius 3 is 2.63 bits per heavy atom. The average molecular weight is 443 g/mol. The van der Waals surface area contributed by atoms with Crippen molar-refractivity contribution in [1.29, 1.82) is 0 Å². The van der Waals surface area contributed by atoms with Gasteiger partial charge in [-0.1, -0.05) is 24.7 Å². The molecule has 1 N–H and O–H groups in total. The van der Waals surface area contributed by atoms with Crippen LogP contribution in [0.2, 0.25) is 0 Å². The van der Waals surface area contributed by atoms with Crippen molar-refractivity contribution in [3.8, 4) is 11.6 Å². The van der Waals surface area contributed by atoms with Crippen molar-refractivity contribution in [1.82, 2.24) is 4.57 Å². The number of unbranched alkanes of at least 4 members (excludes halogenated alkanes) is 1. The number of alkyl halides is 3. The van der Waals surface area contributed by atoms with E-state index in [2.05, 4.69) is 0 Å². The largest absolute Gasteiger partial charge is 0.494 e. The van der Waals surface area contributed by atoms with E-state index in [1.54, 1.807) is 0 Å². The Morgan fingerprint density at radius 2 is 2.00 bits per heavy atom. The van der Waals surface area contributed by atoms with Gasteiger partial charge in [0.05, 0.1) is 17.6 Å². The predicted molar refractivity (Wildman–Crippen MR) is 106 cm³/mol. The quantitative estimate of drug-likeness (QED) is 0.408. The second-order valence-corrected chi connectivity index (χ2v) is 7.53. The number of halogens is 3. The van der Waals surface area contributed by atoms with Gasteiger partial charge in [-0.15, -0.1) is 0 Å². The fourth-order valence-corrected chi connectivity index (χ4v) is 3.85. The van der Waals surface area contributed by atoms with Crippen LogP contribution in [0.4, 0.5) is 13.2 Å². The minimum atomic E-state index is -4.68. The lowest BCUT2D eigenvalue weighted by molar-refractivity contribution is -0.136. The zero-order valence-corrected chi connectivity index (χ0v) is 16.9. The van der Waals surface area contributed by atoms with Gasteiger partial charge in [-0.25, -0.2) is 4.79 Å². The normalized spacial score (nSPS) is 11.9. The molecule has 0 radical (unpaired) electrons. The van der Waals surface area contributed by atoms with Crippen molar-refractivity contribution in [3.63, 3.8) is 0 Å². The van der Waals surface area contributed by atoms with E-state index in [4.69, 9.17) is 9.15 Å². The third kappa shape index (κ3) is 4.69. The minimum Gasteiger partial charge on any atom is -0.494 e. The summed E-state index contributed by atoms with van der Waals surface area (Å²) in [6, 6.07) is 3.16. The predicted octanol–water partition coefficient (Wildman–Crippen LogP) is 4.55. The Morgan fingerprint density at radius 1 is 1.23 bits per heavy atom. The highest BCUT2D eigenvalue weighted by Crippen LogP contribution is 2.37. The van der Waals surface area contributed by atoms with E-state index in [0.717, 1.165) is 11.3 Å². The zero-order valence-electron chi connectivity index (χ0n) is 16.1. The summed E-state index contributed by atoms with van der Waals surface area (Å²) in [5, 5.41) is 10.8. The second kappa shape index (κ2) is 8.95. The van der Waals surface area contributed by atoms with E-state index in [1.807, 2.05) is 6.92 Å². The van der Waals surface area contributed by atoms with Crippen LogP contribution < -0.4 is 15.2 Å². The molecule has 0 fully saturated rings. The van der Waals surface area contributed by atoms with Gasteiger partial charge in [-0.2, -0.15) is 13.2 Å². The van der Waals surface area contributed by atoms with Crippen LogP contribution in [0.5, 0.6) is 11.6 Å². The molecule has 10 heteroatoms. The molecule has 0 bridgehead atoms. The van der Waals surface area contributed by atoms with Crippen molar-refractivity contribution in [3.05, 3.63) is 54.8 Å². The average Bonchev–Trinajstić information content (AvgIpc) is 3.00. The van der Waals surface area contributed by atoms with Gasteiger partial charge >= 0.3 is 16.7 Å². The maximum Gasteiger partial charge on any atom is 0.417 e. The first-order valence-electron chi connectivity index (χ1n) is 9.39. The zero-order chi connectivity index (χ0) is 21.9. The number of hydrogen-bond donors (Lipinski definition) is 1. The Labute approximate surface area is 173 Å². The molecule has 162 valence electrons. The van der Waals surface area contributed by atoms with Gasteiger partial charge < -0.3 is 14.3 Å². The summed E-state index contributed by atoms with van der Waals surface area (Å²) >= 11 is 0.914. The van der Waals surface area contributed by atoms with Crippen molar-refractivity contribution >= 4 is 22.3 Å². The van der Waals surface area contributed by atoms with E-state index < -0.39 is 17.4 Å². The van der Waals surface area contributed by atoms with Gasteiger partial charge in [-0.05, 0) is 31.4 Å². The highest BCUT2D eigenvalue weighted by Gasteiger charge is 2.34. The van der Waals surface area contributed by atoms with E-state index in [0.29, 0.717) is 49.6 Å². The summed E-state index contributed by atoms with van der Waals surface area (Å²) in [4.78, 5) is 23.0. The Hall–Kier alpha value is -2.75. The Balaban J connectivity index is 1.79. The number of aromatic hydroxyl groups is 1. The SMILES string of the molecule is CCCc1c(OCCCCn2c(O)csc2=O)ccc2c(C(F)(F)F)cc(=O)oc12. The fourth-order valence-electron chi connectivity index (χ4n) is 3.20. The third-order valence-corrected chi connectivity index (χ3v) is 5.32. The Kier molecular flexibility index (Phi) is 6.55. The molecule has 0 amide bonds. The number of nitrogens with zero attached hydrogens (tertiary/aromatic N) is 1. The molecular weight excluding hydrogens is 423 g/mol. The Bertz CT molecular complexity index is 1150. The smallest absolute Gasteiger partial charge is 0.417 e. The van der Waals surface area contributed by atoms with Crippen molar-refractivity contribution in [2.45, 2.75) is 45.3 Å². The number of hydrogen-bond acceptors (Lipinski definition) is 6. The highest BCUT2D eigenvalue weighted by molar-refractivity contribution is 7.07. The summed E-state index contributed by atoms with van der Waals surface area (Å²) in [6.45, 7) is 2.45. The maximum atomic E-state index is 13.3. The molecule has 0 unspecified atom stereocenters. The molecular formula is C20H20F3NO5S. The van der Waals surface area contributed by atoms with Gasteiger partial charge in [0.25, 0.3) is 0 Å². The van der Waals surface area contributed by atoms with Crippen LogP contribution in [0.15, 0.2) is 37.6 Å². The molecule has 2 aromatic heterocycles. The van der Waals surface area contributed by atoms with E-state index >= 15 is 0 Å². The molecule has 3 aromatic rings. The van der Waals surface area contributed by atoms with Crippen LogP contribution in [0, 0.1) is 0 Å². The van der Waals surface area contributed by atoms with Crippen LogP contribution >= 0.6 is 11.3 Å². The molecule has 1 aromatic carbocycles. The first-order valence-corrected chi connectivity index (χ1v) is 10.3. The van der Waals surface area contributed by atoms with Gasteiger partial charge in [-0.3, -0.25) is 9.36 Å². The molecule has 0 saturated carbocycles. The van der Waals surface area contributed by atoms with Crippen LogP contribution in [0.3, 0.4) is 0 Å². The van der Waals surface area contributed by atoms with Gasteiger partial charge in [0.2, 0.25) is 5.88 Å². The molecule has 0 aliphatic heterocycles. The van der Waals surface area contributed by atoms with Crippen molar-refractivity contribution in [2.75, 3.05) is 6.61 Å². The summed E-state index contributed by atoms with van der Waals surface area (Å²) in [5.74, 6) is 0.281. The number of aryl methyl sites for hydroxylation is 1. The topological polar surface area (TPSA) is 81.7 Å². The van der Waals surface area contributed by atoms with Crippen LogP contribution in [-0.4, -0.2) is 16.3 Å². The molecule has 0 atom stereocenters. The molecule has 3 rings (SSSR count). The summed E-state index contributed by atoms with van der Waals surface area (Å²) in [5.41, 5.74) is -1.78. The minimum absolute atomic E-state index is 0.0822. The van der Waals surface area contributed by atoms with Crippen LogP contribution in [-0.2, 0) is 19.1 Å². The third-order valence-electron chi connectivity index (χ3n) is 4.57. The van der Waals surface area contributed by atoms with E-state index in [1.165, 1.54) is 22.1 Å². The van der Waals surface area contributed by atoms with Crippen LogP contribution in [0.1, 0.15) is 37.3 Å². The standard InChI is InChI=1S/C20H20F3NO5S/c1-2-5-13-15(28-9-4-3-8-24-16(25)11-30-19(24)27)7-6-12-14(20(21,22)23)10-17(26)29-18(12)13/h6-7,10-11,25H,2-5,8-9H2,1H3. The van der Waals surface area contributed by atoms with Crippen molar-refractivity contribution < 1.29 is 27.4 Å². The fraction of sp³-hybridized carbons (Fsp3) is 0.400. The number of aromatic nitrogens is 1. The van der Waals surface area contributed by atoms with Gasteiger partial charge in [0.15, 0.2) is 0 Å². The summed E-state index contributed by atoms with van der Waals surface area (Å²) in [6.07, 6.45) is -2.55. The lowest BCUT2D eigenvalue weighted by atomic mass is 10.0.